The van der Waals surface area contributed by atoms with Crippen LogP contribution in [0.4, 0.5) is 13.5 Å². The van der Waals surface area contributed by atoms with Crippen LogP contribution in [0.2, 0.25) is 0 Å². The van der Waals surface area contributed by atoms with Crippen LogP contribution in [0.3, 0.4) is 0 Å². The lowest BCUT2D eigenvalue weighted by atomic mass is 10.1. The normalized spacial score (nSPS) is 16.4. The molecule has 0 atom stereocenters. The third kappa shape index (κ3) is 5.29. The summed E-state index contributed by atoms with van der Waals surface area (Å²) in [5.41, 5.74) is 0.963. The van der Waals surface area contributed by atoms with Crippen molar-refractivity contribution in [3.8, 4) is 5.75 Å². The van der Waals surface area contributed by atoms with E-state index in [1.165, 1.54) is 6.07 Å². The number of hydrogen-bond acceptors (Lipinski definition) is 7. The van der Waals surface area contributed by atoms with Gasteiger partial charge in [0.2, 0.25) is 0 Å². The molecule has 7 nitrogen and oxygen atoms in total. The van der Waals surface area contributed by atoms with Crippen LogP contribution in [0, 0.1) is 6.92 Å². The van der Waals surface area contributed by atoms with Gasteiger partial charge in [0.05, 0.1) is 0 Å². The molecular weight excluding hydrogens is 354 g/mol. The molecule has 23 heavy (non-hydrogen) atoms. The Kier molecular flexibility index (Phi) is 5.11. The van der Waals surface area contributed by atoms with Gasteiger partial charge in [-0.3, -0.25) is 0 Å². The molecule has 0 bridgehead atoms. The molecule has 1 heterocycles. The molecule has 0 aliphatic carbocycles. The van der Waals surface area contributed by atoms with Crippen molar-refractivity contribution in [3.05, 3.63) is 23.3 Å². The SMILES string of the molecule is Cc1c(CS(=O)(=O)F)cc(OS(=O)(=O)F)cc1N1CCNCC1. The molecule has 1 aliphatic rings. The Morgan fingerprint density at radius 3 is 2.30 bits per heavy atom. The predicted molar refractivity (Wildman–Crippen MR) is 80.6 cm³/mol. The van der Waals surface area contributed by atoms with Gasteiger partial charge in [0.15, 0.2) is 0 Å². The Morgan fingerprint density at radius 1 is 1.17 bits per heavy atom. The highest BCUT2D eigenvalue weighted by molar-refractivity contribution is 7.85. The van der Waals surface area contributed by atoms with Crippen molar-refractivity contribution in [1.29, 1.82) is 0 Å². The second kappa shape index (κ2) is 6.57. The molecule has 1 aliphatic heterocycles. The summed E-state index contributed by atoms with van der Waals surface area (Å²) in [5, 5.41) is 3.12. The number of nitrogens with zero attached hydrogens (tertiary/aromatic N) is 1. The van der Waals surface area contributed by atoms with Crippen LogP contribution in [0.15, 0.2) is 12.1 Å². The van der Waals surface area contributed by atoms with E-state index < -0.39 is 32.2 Å². The summed E-state index contributed by atoms with van der Waals surface area (Å²) in [6.07, 6.45) is 0. The highest BCUT2D eigenvalue weighted by Gasteiger charge is 2.21. The van der Waals surface area contributed by atoms with Crippen molar-refractivity contribution in [3.63, 3.8) is 0 Å². The van der Waals surface area contributed by atoms with Gasteiger partial charge in [-0.25, -0.2) is 0 Å². The zero-order valence-electron chi connectivity index (χ0n) is 12.3. The fraction of sp³-hybridized carbons (Fsp3) is 0.500. The maximum atomic E-state index is 13.0. The molecule has 2 rings (SSSR count). The van der Waals surface area contributed by atoms with E-state index in [0.717, 1.165) is 6.07 Å². The first kappa shape index (κ1) is 17.9. The monoisotopic (exact) mass is 370 g/mol. The van der Waals surface area contributed by atoms with E-state index in [2.05, 4.69) is 9.50 Å². The second-order valence-corrected chi connectivity index (χ2v) is 7.44. The van der Waals surface area contributed by atoms with Gasteiger partial charge in [-0.05, 0) is 24.1 Å². The summed E-state index contributed by atoms with van der Waals surface area (Å²) < 4.78 is 73.1. The van der Waals surface area contributed by atoms with Crippen molar-refractivity contribution in [2.75, 3.05) is 31.1 Å². The first-order valence-electron chi connectivity index (χ1n) is 6.71. The molecule has 0 unspecified atom stereocenters. The highest BCUT2D eigenvalue weighted by atomic mass is 32.3. The van der Waals surface area contributed by atoms with E-state index >= 15 is 0 Å². The van der Waals surface area contributed by atoms with Gasteiger partial charge < -0.3 is 14.4 Å². The lowest BCUT2D eigenvalue weighted by molar-refractivity contribution is 0.440. The van der Waals surface area contributed by atoms with Gasteiger partial charge in [0.1, 0.15) is 11.5 Å². The van der Waals surface area contributed by atoms with Crippen LogP contribution in [-0.2, 0) is 26.5 Å². The molecule has 1 fully saturated rings. The maximum Gasteiger partial charge on any atom is 0.488 e. The van der Waals surface area contributed by atoms with Gasteiger partial charge >= 0.3 is 20.7 Å². The predicted octanol–water partition coefficient (Wildman–Crippen LogP) is 0.797. The van der Waals surface area contributed by atoms with E-state index in [9.17, 15) is 24.6 Å². The third-order valence-electron chi connectivity index (χ3n) is 3.44. The standard InChI is InChI=1S/C12H16F2N2O5S2/c1-9-10(8-22(13,17)18)6-11(21-23(14,19)20)7-12(9)16-4-2-15-3-5-16/h6-7,15H,2-5,8H2,1H3. The Bertz CT molecular complexity index is 790. The molecule has 0 amide bonds. The Labute approximate surface area is 133 Å². The topological polar surface area (TPSA) is 92.8 Å². The van der Waals surface area contributed by atoms with E-state index in [-0.39, 0.29) is 5.56 Å². The molecule has 0 saturated carbocycles. The quantitative estimate of drug-likeness (QED) is 0.766. The Balaban J connectivity index is 2.50. The number of halogens is 2. The summed E-state index contributed by atoms with van der Waals surface area (Å²) in [6.45, 7) is 4.08. The average molecular weight is 370 g/mol. The van der Waals surface area contributed by atoms with Gasteiger partial charge in [0.25, 0.3) is 0 Å². The largest absolute Gasteiger partial charge is 0.488 e. The van der Waals surface area contributed by atoms with Crippen LogP contribution in [0.5, 0.6) is 5.75 Å². The molecule has 0 radical (unpaired) electrons. The zero-order valence-corrected chi connectivity index (χ0v) is 13.9. The van der Waals surface area contributed by atoms with Crippen molar-refractivity contribution in [2.45, 2.75) is 12.7 Å². The fourth-order valence-corrected chi connectivity index (χ4v) is 3.46. The molecule has 0 aromatic heterocycles. The number of hydrogen-bond donors (Lipinski definition) is 1. The summed E-state index contributed by atoms with van der Waals surface area (Å²) >= 11 is 0. The van der Waals surface area contributed by atoms with Crippen molar-refractivity contribution < 1.29 is 28.8 Å². The first-order valence-corrected chi connectivity index (χ1v) is 9.57. The van der Waals surface area contributed by atoms with Crippen LogP contribution < -0.4 is 14.4 Å². The van der Waals surface area contributed by atoms with Gasteiger partial charge in [-0.1, -0.05) is 3.89 Å². The van der Waals surface area contributed by atoms with Gasteiger partial charge in [-0.2, -0.15) is 16.8 Å². The molecule has 11 heteroatoms. The smallest absolute Gasteiger partial charge is 0.369 e. The highest BCUT2D eigenvalue weighted by Crippen LogP contribution is 2.31. The second-order valence-electron chi connectivity index (χ2n) is 5.12. The molecular formula is C12H16F2N2O5S2. The maximum absolute atomic E-state index is 13.0. The summed E-state index contributed by atoms with van der Waals surface area (Å²) in [5.74, 6) is -1.34. The number of nitrogens with one attached hydrogen (secondary N) is 1. The van der Waals surface area contributed by atoms with E-state index in [0.29, 0.717) is 37.4 Å². The summed E-state index contributed by atoms with van der Waals surface area (Å²) in [4.78, 5) is 1.86. The minimum atomic E-state index is -5.27. The van der Waals surface area contributed by atoms with Crippen LogP contribution >= 0.6 is 0 Å². The minimum Gasteiger partial charge on any atom is -0.369 e. The molecule has 1 aromatic carbocycles. The lowest BCUT2D eigenvalue weighted by Crippen LogP contribution is -2.43. The van der Waals surface area contributed by atoms with Gasteiger partial charge in [0, 0.05) is 37.9 Å². The number of benzene rings is 1. The minimum absolute atomic E-state index is 0.0159. The summed E-state index contributed by atoms with van der Waals surface area (Å²) in [7, 11) is -10.1. The molecule has 130 valence electrons. The molecule has 0 spiro atoms. The van der Waals surface area contributed by atoms with Crippen molar-refractivity contribution in [1.82, 2.24) is 5.32 Å². The number of rotatable bonds is 5. The zero-order chi connectivity index (χ0) is 17.3. The van der Waals surface area contributed by atoms with E-state index in [4.69, 9.17) is 0 Å². The average Bonchev–Trinajstić information content (AvgIpc) is 2.40. The van der Waals surface area contributed by atoms with Crippen molar-refractivity contribution >= 4 is 26.4 Å². The van der Waals surface area contributed by atoms with Crippen LogP contribution in [0.25, 0.3) is 0 Å². The van der Waals surface area contributed by atoms with Crippen LogP contribution in [0.1, 0.15) is 11.1 Å². The number of piperazine rings is 1. The fourth-order valence-electron chi connectivity index (χ4n) is 2.46. The number of anilines is 1. The van der Waals surface area contributed by atoms with E-state index in [1.807, 2.05) is 4.90 Å². The van der Waals surface area contributed by atoms with E-state index in [1.54, 1.807) is 6.92 Å². The molecule has 1 N–H and O–H groups in total. The molecule has 1 saturated heterocycles. The first-order chi connectivity index (χ1) is 10.6. The van der Waals surface area contributed by atoms with Crippen LogP contribution in [-0.4, -0.2) is 43.0 Å². The Hall–Kier alpha value is -1.46. The summed E-state index contributed by atoms with van der Waals surface area (Å²) in [6, 6.07) is 2.31. The Morgan fingerprint density at radius 2 is 1.78 bits per heavy atom. The lowest BCUT2D eigenvalue weighted by Gasteiger charge is -2.31. The molecule has 1 aromatic rings. The third-order valence-corrected chi connectivity index (χ3v) is 4.49. The van der Waals surface area contributed by atoms with Crippen molar-refractivity contribution in [2.24, 2.45) is 0 Å². The van der Waals surface area contributed by atoms with Gasteiger partial charge in [-0.15, -0.1) is 3.89 Å².